The molecule has 0 saturated carbocycles. The van der Waals surface area contributed by atoms with Crippen LogP contribution in [0.4, 0.5) is 4.79 Å². The topological polar surface area (TPSA) is 55.9 Å². The van der Waals surface area contributed by atoms with Gasteiger partial charge in [0.2, 0.25) is 0 Å². The fourth-order valence-corrected chi connectivity index (χ4v) is 4.74. The van der Waals surface area contributed by atoms with E-state index >= 15 is 0 Å². The highest BCUT2D eigenvalue weighted by molar-refractivity contribution is 6.07. The van der Waals surface area contributed by atoms with Gasteiger partial charge in [0.1, 0.15) is 5.54 Å². The number of nitrogens with zero attached hydrogens (tertiary/aromatic N) is 3. The first-order chi connectivity index (χ1) is 16.5. The van der Waals surface area contributed by atoms with Gasteiger partial charge in [-0.05, 0) is 34.9 Å². The van der Waals surface area contributed by atoms with Gasteiger partial charge in [-0.1, -0.05) is 78.9 Å². The minimum absolute atomic E-state index is 0.194. The van der Waals surface area contributed by atoms with Crippen LogP contribution in [0.25, 0.3) is 16.8 Å². The SMILES string of the molecule is CC1(c2ccc3ccccc3c2)NC(=O)N(CN2CCN(CC=Cc3ccccc3)CC2)C1=O. The third kappa shape index (κ3) is 4.47. The molecule has 0 spiro atoms. The van der Waals surface area contributed by atoms with Gasteiger partial charge in [-0.15, -0.1) is 0 Å². The smallest absolute Gasteiger partial charge is 0.319 e. The van der Waals surface area contributed by atoms with Crippen LogP contribution in [-0.2, 0) is 10.3 Å². The molecule has 3 amide bonds. The van der Waals surface area contributed by atoms with Gasteiger partial charge in [-0.2, -0.15) is 0 Å². The monoisotopic (exact) mass is 454 g/mol. The molecule has 1 atom stereocenters. The molecule has 0 bridgehead atoms. The van der Waals surface area contributed by atoms with Crippen LogP contribution in [0.1, 0.15) is 18.1 Å². The van der Waals surface area contributed by atoms with Crippen molar-refractivity contribution in [3.63, 3.8) is 0 Å². The predicted octanol–water partition coefficient (Wildman–Crippen LogP) is 3.90. The number of amides is 3. The molecular weight excluding hydrogens is 424 g/mol. The van der Waals surface area contributed by atoms with Crippen LogP contribution in [0.3, 0.4) is 0 Å². The second-order valence-corrected chi connectivity index (χ2v) is 9.22. The van der Waals surface area contributed by atoms with Crippen LogP contribution in [0.15, 0.2) is 78.9 Å². The number of hydrogen-bond acceptors (Lipinski definition) is 4. The maximum atomic E-state index is 13.4. The number of benzene rings is 3. The summed E-state index contributed by atoms with van der Waals surface area (Å²) >= 11 is 0. The molecule has 6 heteroatoms. The third-order valence-corrected chi connectivity index (χ3v) is 6.88. The number of carbonyl (C=O) groups is 2. The summed E-state index contributed by atoms with van der Waals surface area (Å²) in [6.45, 7) is 6.48. The summed E-state index contributed by atoms with van der Waals surface area (Å²) in [6.07, 6.45) is 4.34. The van der Waals surface area contributed by atoms with Crippen LogP contribution in [0.5, 0.6) is 0 Å². The molecule has 2 saturated heterocycles. The van der Waals surface area contributed by atoms with Gasteiger partial charge in [0.15, 0.2) is 0 Å². The first kappa shape index (κ1) is 22.3. The zero-order valence-electron chi connectivity index (χ0n) is 19.5. The molecule has 0 aliphatic carbocycles. The van der Waals surface area contributed by atoms with Gasteiger partial charge in [0.25, 0.3) is 5.91 Å². The van der Waals surface area contributed by atoms with Crippen LogP contribution in [0.2, 0.25) is 0 Å². The number of rotatable bonds is 6. The summed E-state index contributed by atoms with van der Waals surface area (Å²) in [4.78, 5) is 32.1. The second kappa shape index (κ2) is 9.41. The molecule has 1 N–H and O–H groups in total. The molecule has 3 aromatic rings. The quantitative estimate of drug-likeness (QED) is 0.574. The summed E-state index contributed by atoms with van der Waals surface area (Å²) in [7, 11) is 0. The zero-order valence-corrected chi connectivity index (χ0v) is 19.5. The first-order valence-electron chi connectivity index (χ1n) is 11.8. The second-order valence-electron chi connectivity index (χ2n) is 9.22. The Kier molecular flexibility index (Phi) is 6.18. The van der Waals surface area contributed by atoms with Crippen LogP contribution in [0, 0.1) is 0 Å². The number of urea groups is 1. The molecule has 3 aromatic carbocycles. The Labute approximate surface area is 200 Å². The van der Waals surface area contributed by atoms with Crippen molar-refractivity contribution in [1.29, 1.82) is 0 Å². The Morgan fingerprint density at radius 1 is 0.853 bits per heavy atom. The Bertz CT molecular complexity index is 1220. The number of nitrogens with one attached hydrogen (secondary N) is 1. The fourth-order valence-electron chi connectivity index (χ4n) is 4.74. The van der Waals surface area contributed by atoms with Crippen molar-refractivity contribution >= 4 is 28.8 Å². The summed E-state index contributed by atoms with van der Waals surface area (Å²) < 4.78 is 0. The lowest BCUT2D eigenvalue weighted by atomic mass is 9.90. The maximum Gasteiger partial charge on any atom is 0.326 e. The number of piperazine rings is 1. The van der Waals surface area contributed by atoms with Gasteiger partial charge in [-0.3, -0.25) is 14.6 Å². The highest BCUT2D eigenvalue weighted by Crippen LogP contribution is 2.31. The predicted molar refractivity (Wildman–Crippen MR) is 135 cm³/mol. The standard InChI is InChI=1S/C28H30N4O2/c1-28(25-14-13-23-11-5-6-12-24(23)20-25)26(33)32(27(34)29-28)21-31-18-16-30(17-19-31)15-7-10-22-8-3-2-4-9-22/h2-14,20H,15-19,21H2,1H3,(H,29,34). The number of hydrogen-bond donors (Lipinski definition) is 1. The van der Waals surface area contributed by atoms with E-state index in [0.717, 1.165) is 49.1 Å². The molecule has 5 rings (SSSR count). The normalized spacial score (nSPS) is 22.1. The average molecular weight is 455 g/mol. The van der Waals surface area contributed by atoms with Crippen molar-refractivity contribution in [2.45, 2.75) is 12.5 Å². The van der Waals surface area contributed by atoms with Crippen molar-refractivity contribution in [2.75, 3.05) is 39.4 Å². The Hall–Kier alpha value is -3.48. The zero-order chi connectivity index (χ0) is 23.5. The Morgan fingerprint density at radius 3 is 2.29 bits per heavy atom. The lowest BCUT2D eigenvalue weighted by Gasteiger charge is -2.35. The number of fused-ring (bicyclic) bond motifs is 1. The van der Waals surface area contributed by atoms with Crippen LogP contribution >= 0.6 is 0 Å². The van der Waals surface area contributed by atoms with Crippen molar-refractivity contribution in [3.05, 3.63) is 90.0 Å². The Morgan fingerprint density at radius 2 is 1.53 bits per heavy atom. The number of carbonyl (C=O) groups excluding carboxylic acids is 2. The van der Waals surface area contributed by atoms with Crippen LogP contribution in [-0.4, -0.2) is 66.0 Å². The van der Waals surface area contributed by atoms with E-state index in [0.29, 0.717) is 6.67 Å². The van der Waals surface area contributed by atoms with E-state index in [1.165, 1.54) is 10.5 Å². The van der Waals surface area contributed by atoms with Gasteiger partial charge in [0.05, 0.1) is 6.67 Å². The Balaban J connectivity index is 1.19. The van der Waals surface area contributed by atoms with E-state index in [2.05, 4.69) is 39.4 Å². The average Bonchev–Trinajstić information content (AvgIpc) is 3.09. The van der Waals surface area contributed by atoms with Crippen molar-refractivity contribution < 1.29 is 9.59 Å². The molecule has 6 nitrogen and oxygen atoms in total. The highest BCUT2D eigenvalue weighted by Gasteiger charge is 2.49. The summed E-state index contributed by atoms with van der Waals surface area (Å²) in [5, 5.41) is 5.11. The first-order valence-corrected chi connectivity index (χ1v) is 11.8. The molecular formula is C28H30N4O2. The van der Waals surface area contributed by atoms with Gasteiger partial charge >= 0.3 is 6.03 Å². The molecule has 2 aliphatic heterocycles. The van der Waals surface area contributed by atoms with E-state index in [1.807, 2.05) is 60.7 Å². The summed E-state index contributed by atoms with van der Waals surface area (Å²) in [6, 6.07) is 23.9. The van der Waals surface area contributed by atoms with Gasteiger partial charge < -0.3 is 5.32 Å². The summed E-state index contributed by atoms with van der Waals surface area (Å²) in [5.74, 6) is -0.194. The van der Waals surface area contributed by atoms with Crippen LogP contribution < -0.4 is 5.32 Å². The largest absolute Gasteiger partial charge is 0.326 e. The fraction of sp³-hybridized carbons (Fsp3) is 0.286. The third-order valence-electron chi connectivity index (χ3n) is 6.88. The van der Waals surface area contributed by atoms with Crippen molar-refractivity contribution in [2.24, 2.45) is 0 Å². The van der Waals surface area contributed by atoms with E-state index in [4.69, 9.17) is 0 Å². The van der Waals surface area contributed by atoms with Crippen molar-refractivity contribution in [1.82, 2.24) is 20.0 Å². The van der Waals surface area contributed by atoms with E-state index in [9.17, 15) is 9.59 Å². The lowest BCUT2D eigenvalue weighted by Crippen LogP contribution is -2.51. The van der Waals surface area contributed by atoms with E-state index in [1.54, 1.807) is 6.92 Å². The maximum absolute atomic E-state index is 13.4. The van der Waals surface area contributed by atoms with Gasteiger partial charge in [-0.25, -0.2) is 9.69 Å². The molecule has 2 aliphatic rings. The molecule has 0 aromatic heterocycles. The molecule has 2 fully saturated rings. The lowest BCUT2D eigenvalue weighted by molar-refractivity contribution is -0.132. The molecule has 0 radical (unpaired) electrons. The minimum Gasteiger partial charge on any atom is -0.319 e. The molecule has 34 heavy (non-hydrogen) atoms. The highest BCUT2D eigenvalue weighted by atomic mass is 16.2. The van der Waals surface area contributed by atoms with Crippen molar-refractivity contribution in [3.8, 4) is 0 Å². The van der Waals surface area contributed by atoms with Gasteiger partial charge in [0, 0.05) is 32.7 Å². The molecule has 174 valence electrons. The molecule has 1 unspecified atom stereocenters. The molecule has 2 heterocycles. The minimum atomic E-state index is -1.05. The summed E-state index contributed by atoms with van der Waals surface area (Å²) in [5.41, 5.74) is 0.960. The van der Waals surface area contributed by atoms with E-state index in [-0.39, 0.29) is 11.9 Å². The number of imide groups is 1. The van der Waals surface area contributed by atoms with E-state index < -0.39 is 5.54 Å².